The van der Waals surface area contributed by atoms with E-state index in [1.54, 1.807) is 6.20 Å². The molecule has 1 aliphatic rings. The zero-order valence-electron chi connectivity index (χ0n) is 9.38. The van der Waals surface area contributed by atoms with Gasteiger partial charge in [0.05, 0.1) is 6.10 Å². The molecular weight excluding hydrogens is 254 g/mol. The summed E-state index contributed by atoms with van der Waals surface area (Å²) in [6.07, 6.45) is 4.59. The summed E-state index contributed by atoms with van der Waals surface area (Å²) in [6.45, 7) is 6.53. The molecular formula is C12H16BrNO. The summed E-state index contributed by atoms with van der Waals surface area (Å²) < 4.78 is 6.79. The molecule has 3 heteroatoms. The van der Waals surface area contributed by atoms with Crippen LogP contribution < -0.4 is 4.74 Å². The highest BCUT2D eigenvalue weighted by molar-refractivity contribution is 9.10. The zero-order chi connectivity index (χ0) is 11.1. The van der Waals surface area contributed by atoms with Gasteiger partial charge < -0.3 is 4.74 Å². The standard InChI is InChI=1S/C12H16BrNO/c1-12(2,3)10-9(15-8-4-5-8)6-7-14-11(10)13/h6-8H,4-5H2,1-3H3. The molecule has 0 saturated heterocycles. The van der Waals surface area contributed by atoms with Gasteiger partial charge in [0.15, 0.2) is 0 Å². The lowest BCUT2D eigenvalue weighted by atomic mass is 9.87. The van der Waals surface area contributed by atoms with Crippen LogP contribution in [0, 0.1) is 0 Å². The molecule has 1 aliphatic carbocycles. The van der Waals surface area contributed by atoms with Crippen LogP contribution in [0.3, 0.4) is 0 Å². The van der Waals surface area contributed by atoms with E-state index < -0.39 is 0 Å². The summed E-state index contributed by atoms with van der Waals surface area (Å²) >= 11 is 3.50. The van der Waals surface area contributed by atoms with Gasteiger partial charge in [0.25, 0.3) is 0 Å². The summed E-state index contributed by atoms with van der Waals surface area (Å²) in [7, 11) is 0. The highest BCUT2D eigenvalue weighted by Crippen LogP contribution is 2.38. The largest absolute Gasteiger partial charge is 0.490 e. The zero-order valence-corrected chi connectivity index (χ0v) is 11.0. The number of hydrogen-bond acceptors (Lipinski definition) is 2. The van der Waals surface area contributed by atoms with E-state index in [1.807, 2.05) is 6.07 Å². The van der Waals surface area contributed by atoms with Crippen LogP contribution in [-0.4, -0.2) is 11.1 Å². The van der Waals surface area contributed by atoms with Crippen LogP contribution in [-0.2, 0) is 5.41 Å². The van der Waals surface area contributed by atoms with Gasteiger partial charge in [-0.2, -0.15) is 0 Å². The van der Waals surface area contributed by atoms with E-state index in [0.29, 0.717) is 6.10 Å². The fraction of sp³-hybridized carbons (Fsp3) is 0.583. The summed E-state index contributed by atoms with van der Waals surface area (Å²) in [6, 6.07) is 1.96. The second-order valence-electron chi connectivity index (χ2n) is 5.04. The van der Waals surface area contributed by atoms with Crippen molar-refractivity contribution >= 4 is 15.9 Å². The third-order valence-electron chi connectivity index (χ3n) is 2.43. The van der Waals surface area contributed by atoms with Crippen molar-refractivity contribution < 1.29 is 4.74 Å². The van der Waals surface area contributed by atoms with E-state index in [0.717, 1.165) is 15.9 Å². The van der Waals surface area contributed by atoms with Crippen LogP contribution in [0.4, 0.5) is 0 Å². The predicted molar refractivity (Wildman–Crippen MR) is 64.3 cm³/mol. The van der Waals surface area contributed by atoms with Crippen molar-refractivity contribution in [3.63, 3.8) is 0 Å². The average Bonchev–Trinajstić information content (AvgIpc) is 2.85. The van der Waals surface area contributed by atoms with E-state index in [4.69, 9.17) is 4.74 Å². The van der Waals surface area contributed by atoms with Crippen LogP contribution in [0.1, 0.15) is 39.2 Å². The molecule has 0 amide bonds. The number of rotatable bonds is 2. The number of nitrogens with zero attached hydrogens (tertiary/aromatic N) is 1. The molecule has 0 atom stereocenters. The Hall–Kier alpha value is -0.570. The number of halogens is 1. The van der Waals surface area contributed by atoms with E-state index in [2.05, 4.69) is 41.7 Å². The molecule has 0 aromatic carbocycles. The maximum atomic E-state index is 5.89. The quantitative estimate of drug-likeness (QED) is 0.765. The topological polar surface area (TPSA) is 22.1 Å². The van der Waals surface area contributed by atoms with Crippen LogP contribution in [0.5, 0.6) is 5.75 Å². The number of ether oxygens (including phenoxy) is 1. The highest BCUT2D eigenvalue weighted by Gasteiger charge is 2.28. The Balaban J connectivity index is 2.38. The van der Waals surface area contributed by atoms with Gasteiger partial charge in [0.2, 0.25) is 0 Å². The predicted octanol–water partition coefficient (Wildman–Crippen LogP) is 3.68. The van der Waals surface area contributed by atoms with Crippen LogP contribution in [0.2, 0.25) is 0 Å². The molecule has 82 valence electrons. The minimum atomic E-state index is 0.0529. The summed E-state index contributed by atoms with van der Waals surface area (Å²) in [5.41, 5.74) is 1.22. The molecule has 1 aromatic heterocycles. The van der Waals surface area contributed by atoms with E-state index in [-0.39, 0.29) is 5.41 Å². The van der Waals surface area contributed by atoms with Gasteiger partial charge in [-0.05, 0) is 40.3 Å². The molecule has 1 heterocycles. The van der Waals surface area contributed by atoms with Crippen LogP contribution in [0.15, 0.2) is 16.9 Å². The van der Waals surface area contributed by atoms with Gasteiger partial charge in [-0.25, -0.2) is 4.98 Å². The second kappa shape index (κ2) is 3.78. The number of aromatic nitrogens is 1. The SMILES string of the molecule is CC(C)(C)c1c(OC2CC2)ccnc1Br. The van der Waals surface area contributed by atoms with Crippen molar-refractivity contribution in [3.8, 4) is 5.75 Å². The Morgan fingerprint density at radius 3 is 2.60 bits per heavy atom. The first-order chi connectivity index (χ1) is 6.98. The van der Waals surface area contributed by atoms with Crippen LogP contribution in [0.25, 0.3) is 0 Å². The smallest absolute Gasteiger partial charge is 0.127 e. The van der Waals surface area contributed by atoms with Crippen molar-refractivity contribution in [1.29, 1.82) is 0 Å². The van der Waals surface area contributed by atoms with E-state index >= 15 is 0 Å². The van der Waals surface area contributed by atoms with Crippen molar-refractivity contribution in [2.24, 2.45) is 0 Å². The van der Waals surface area contributed by atoms with Gasteiger partial charge in [0.1, 0.15) is 10.4 Å². The molecule has 0 unspecified atom stereocenters. The lowest BCUT2D eigenvalue weighted by Gasteiger charge is -2.23. The number of pyridine rings is 1. The molecule has 0 spiro atoms. The van der Waals surface area contributed by atoms with Gasteiger partial charge >= 0.3 is 0 Å². The fourth-order valence-electron chi connectivity index (χ4n) is 1.56. The van der Waals surface area contributed by atoms with Gasteiger partial charge in [-0.15, -0.1) is 0 Å². The molecule has 2 nitrogen and oxygen atoms in total. The van der Waals surface area contributed by atoms with E-state index in [1.165, 1.54) is 12.8 Å². The molecule has 1 aromatic rings. The van der Waals surface area contributed by atoms with E-state index in [9.17, 15) is 0 Å². The summed E-state index contributed by atoms with van der Waals surface area (Å²) in [4.78, 5) is 4.27. The Bertz CT molecular complexity index is 366. The second-order valence-corrected chi connectivity index (χ2v) is 5.79. The lowest BCUT2D eigenvalue weighted by Crippen LogP contribution is -2.15. The van der Waals surface area contributed by atoms with Crippen molar-refractivity contribution in [1.82, 2.24) is 4.98 Å². The molecule has 0 radical (unpaired) electrons. The van der Waals surface area contributed by atoms with Crippen molar-refractivity contribution in [2.45, 2.75) is 45.1 Å². The first-order valence-corrected chi connectivity index (χ1v) is 6.09. The Labute approximate surface area is 99.2 Å². The lowest BCUT2D eigenvalue weighted by molar-refractivity contribution is 0.294. The van der Waals surface area contributed by atoms with Crippen molar-refractivity contribution in [2.75, 3.05) is 0 Å². The first kappa shape index (κ1) is 10.9. The Morgan fingerprint density at radius 1 is 1.40 bits per heavy atom. The molecule has 0 N–H and O–H groups in total. The van der Waals surface area contributed by atoms with Gasteiger partial charge in [0, 0.05) is 11.8 Å². The molecule has 15 heavy (non-hydrogen) atoms. The Kier molecular flexibility index (Phi) is 2.75. The number of hydrogen-bond donors (Lipinski definition) is 0. The normalized spacial score (nSPS) is 16.5. The van der Waals surface area contributed by atoms with Gasteiger partial charge in [-0.1, -0.05) is 20.8 Å². The molecule has 1 fully saturated rings. The fourth-order valence-corrected chi connectivity index (χ4v) is 2.47. The Morgan fingerprint density at radius 2 is 2.07 bits per heavy atom. The van der Waals surface area contributed by atoms with Crippen LogP contribution >= 0.6 is 15.9 Å². The maximum absolute atomic E-state index is 5.89. The summed E-state index contributed by atoms with van der Waals surface area (Å²) in [5.74, 6) is 0.979. The first-order valence-electron chi connectivity index (χ1n) is 5.30. The highest BCUT2D eigenvalue weighted by atomic mass is 79.9. The minimum absolute atomic E-state index is 0.0529. The molecule has 0 bridgehead atoms. The monoisotopic (exact) mass is 269 g/mol. The third kappa shape index (κ3) is 2.51. The van der Waals surface area contributed by atoms with Gasteiger partial charge in [-0.3, -0.25) is 0 Å². The molecule has 1 saturated carbocycles. The minimum Gasteiger partial charge on any atom is -0.490 e. The molecule has 2 rings (SSSR count). The third-order valence-corrected chi connectivity index (χ3v) is 3.04. The van der Waals surface area contributed by atoms with Crippen molar-refractivity contribution in [3.05, 3.63) is 22.4 Å². The maximum Gasteiger partial charge on any atom is 0.127 e. The molecule has 0 aliphatic heterocycles. The average molecular weight is 270 g/mol. The summed E-state index contributed by atoms with van der Waals surface area (Å²) in [5, 5.41) is 0.